The van der Waals surface area contributed by atoms with Crippen LogP contribution < -0.4 is 0 Å². The first kappa shape index (κ1) is 16.2. The van der Waals surface area contributed by atoms with Crippen molar-refractivity contribution in [1.82, 2.24) is 9.80 Å². The van der Waals surface area contributed by atoms with Crippen molar-refractivity contribution in [1.29, 1.82) is 0 Å². The van der Waals surface area contributed by atoms with Gasteiger partial charge in [0.05, 0.1) is 6.54 Å². The summed E-state index contributed by atoms with van der Waals surface area (Å²) in [6.07, 6.45) is 2.24. The monoisotopic (exact) mass is 288 g/mol. The van der Waals surface area contributed by atoms with Crippen LogP contribution in [0.25, 0.3) is 0 Å². The van der Waals surface area contributed by atoms with Crippen LogP contribution in [0.4, 0.5) is 0 Å². The number of hydrogen-bond donors (Lipinski definition) is 0. The molecule has 0 N–H and O–H groups in total. The average molecular weight is 288 g/mol. The summed E-state index contributed by atoms with van der Waals surface area (Å²) in [6.45, 7) is 11.3. The van der Waals surface area contributed by atoms with Crippen LogP contribution in [0.1, 0.15) is 43.1 Å². The minimum atomic E-state index is 0.246. The number of hydrogen-bond acceptors (Lipinski definition) is 3. The molecule has 0 unspecified atom stereocenters. The minimum absolute atomic E-state index is 0.246. The first-order chi connectivity index (χ1) is 10.1. The molecule has 0 amide bonds. The summed E-state index contributed by atoms with van der Waals surface area (Å²) in [5.41, 5.74) is 2.17. The SMILES string of the molecule is CCCc1ccc(C(=O)CN2CCN(C(C)C)CC2)cc1. The van der Waals surface area contributed by atoms with E-state index in [1.807, 2.05) is 12.1 Å². The highest BCUT2D eigenvalue weighted by atomic mass is 16.1. The zero-order valence-electron chi connectivity index (χ0n) is 13.6. The molecule has 1 aliphatic rings. The van der Waals surface area contributed by atoms with Gasteiger partial charge < -0.3 is 0 Å². The number of carbonyl (C=O) groups excluding carboxylic acids is 1. The first-order valence-electron chi connectivity index (χ1n) is 8.18. The molecule has 3 heteroatoms. The van der Waals surface area contributed by atoms with Crippen LogP contribution in [0, 0.1) is 0 Å². The van der Waals surface area contributed by atoms with E-state index in [9.17, 15) is 4.79 Å². The van der Waals surface area contributed by atoms with Crippen LogP contribution in [0.3, 0.4) is 0 Å². The Morgan fingerprint density at radius 2 is 1.71 bits per heavy atom. The molecule has 0 aromatic heterocycles. The second-order valence-corrected chi connectivity index (χ2v) is 6.28. The number of benzene rings is 1. The Balaban J connectivity index is 1.84. The summed E-state index contributed by atoms with van der Waals surface area (Å²) in [5.74, 6) is 0.246. The van der Waals surface area contributed by atoms with E-state index in [0.717, 1.165) is 44.6 Å². The Labute approximate surface area is 128 Å². The number of Topliss-reactive ketones (excluding diaryl/α,β-unsaturated/α-hetero) is 1. The quantitative estimate of drug-likeness (QED) is 0.752. The number of piperazine rings is 1. The lowest BCUT2D eigenvalue weighted by molar-refractivity contribution is 0.0807. The number of rotatable bonds is 6. The zero-order chi connectivity index (χ0) is 15.2. The average Bonchev–Trinajstić information content (AvgIpc) is 2.49. The maximum Gasteiger partial charge on any atom is 0.176 e. The lowest BCUT2D eigenvalue weighted by atomic mass is 10.0. The molecular formula is C18H28N2O. The van der Waals surface area contributed by atoms with Crippen molar-refractivity contribution in [3.05, 3.63) is 35.4 Å². The van der Waals surface area contributed by atoms with E-state index in [4.69, 9.17) is 0 Å². The molecule has 2 rings (SSSR count). The van der Waals surface area contributed by atoms with Gasteiger partial charge in [-0.3, -0.25) is 14.6 Å². The van der Waals surface area contributed by atoms with Gasteiger partial charge >= 0.3 is 0 Å². The van der Waals surface area contributed by atoms with E-state index < -0.39 is 0 Å². The normalized spacial score (nSPS) is 17.3. The van der Waals surface area contributed by atoms with Crippen molar-refractivity contribution in [3.63, 3.8) is 0 Å². The fourth-order valence-corrected chi connectivity index (χ4v) is 2.88. The van der Waals surface area contributed by atoms with Crippen molar-refractivity contribution >= 4 is 5.78 Å². The topological polar surface area (TPSA) is 23.6 Å². The molecule has 0 spiro atoms. The third-order valence-corrected chi connectivity index (χ3v) is 4.32. The van der Waals surface area contributed by atoms with Gasteiger partial charge in [-0.1, -0.05) is 37.6 Å². The first-order valence-corrected chi connectivity index (χ1v) is 8.18. The van der Waals surface area contributed by atoms with E-state index in [2.05, 4.69) is 42.7 Å². The smallest absolute Gasteiger partial charge is 0.176 e. The van der Waals surface area contributed by atoms with E-state index in [1.165, 1.54) is 5.56 Å². The van der Waals surface area contributed by atoms with Crippen LogP contribution in [0.2, 0.25) is 0 Å². The Bertz CT molecular complexity index is 445. The summed E-state index contributed by atoms with van der Waals surface area (Å²) in [5, 5.41) is 0. The lowest BCUT2D eigenvalue weighted by Crippen LogP contribution is -2.50. The third kappa shape index (κ3) is 4.65. The van der Waals surface area contributed by atoms with Crippen molar-refractivity contribution in [3.8, 4) is 0 Å². The standard InChI is InChI=1S/C18H28N2O/c1-4-5-16-6-8-17(9-7-16)18(21)14-19-10-12-20(13-11-19)15(2)3/h6-9,15H,4-5,10-14H2,1-3H3. The fourth-order valence-electron chi connectivity index (χ4n) is 2.88. The molecule has 1 fully saturated rings. The Hall–Kier alpha value is -1.19. The van der Waals surface area contributed by atoms with Gasteiger partial charge in [0.25, 0.3) is 0 Å². The number of nitrogens with zero attached hydrogens (tertiary/aromatic N) is 2. The molecular weight excluding hydrogens is 260 g/mol. The Kier molecular flexibility index (Phi) is 5.95. The lowest BCUT2D eigenvalue weighted by Gasteiger charge is -2.36. The molecule has 0 atom stereocenters. The van der Waals surface area contributed by atoms with Gasteiger partial charge in [0.1, 0.15) is 0 Å². The molecule has 1 aromatic carbocycles. The fraction of sp³-hybridized carbons (Fsp3) is 0.611. The summed E-state index contributed by atoms with van der Waals surface area (Å²) in [7, 11) is 0. The van der Waals surface area contributed by atoms with Gasteiger partial charge in [-0.2, -0.15) is 0 Å². The molecule has 1 saturated heterocycles. The molecule has 21 heavy (non-hydrogen) atoms. The largest absolute Gasteiger partial charge is 0.298 e. The summed E-state index contributed by atoms with van der Waals surface area (Å²) < 4.78 is 0. The second kappa shape index (κ2) is 7.71. The summed E-state index contributed by atoms with van der Waals surface area (Å²) >= 11 is 0. The maximum atomic E-state index is 12.3. The van der Waals surface area contributed by atoms with Crippen LogP contribution in [-0.2, 0) is 6.42 Å². The van der Waals surface area contributed by atoms with Crippen LogP contribution >= 0.6 is 0 Å². The molecule has 1 heterocycles. The zero-order valence-corrected chi connectivity index (χ0v) is 13.6. The third-order valence-electron chi connectivity index (χ3n) is 4.32. The number of carbonyl (C=O) groups is 1. The number of ketones is 1. The maximum absolute atomic E-state index is 12.3. The molecule has 1 aromatic rings. The van der Waals surface area contributed by atoms with Crippen LogP contribution in [-0.4, -0.2) is 54.3 Å². The molecule has 116 valence electrons. The molecule has 0 aliphatic carbocycles. The van der Waals surface area contributed by atoms with Gasteiger partial charge in [-0.05, 0) is 25.8 Å². The molecule has 0 saturated carbocycles. The van der Waals surface area contributed by atoms with E-state index >= 15 is 0 Å². The predicted octanol–water partition coefficient (Wildman–Crippen LogP) is 2.85. The number of aryl methyl sites for hydroxylation is 1. The highest BCUT2D eigenvalue weighted by molar-refractivity contribution is 5.97. The summed E-state index contributed by atoms with van der Waals surface area (Å²) in [6, 6.07) is 8.75. The van der Waals surface area contributed by atoms with Gasteiger partial charge in [-0.25, -0.2) is 0 Å². The Morgan fingerprint density at radius 1 is 1.10 bits per heavy atom. The highest BCUT2D eigenvalue weighted by Crippen LogP contribution is 2.10. The van der Waals surface area contributed by atoms with Crippen molar-refractivity contribution < 1.29 is 4.79 Å². The van der Waals surface area contributed by atoms with E-state index in [0.29, 0.717) is 12.6 Å². The molecule has 3 nitrogen and oxygen atoms in total. The minimum Gasteiger partial charge on any atom is -0.298 e. The van der Waals surface area contributed by atoms with E-state index in [-0.39, 0.29) is 5.78 Å². The van der Waals surface area contributed by atoms with Crippen LogP contribution in [0.15, 0.2) is 24.3 Å². The molecule has 1 aliphatic heterocycles. The molecule has 0 radical (unpaired) electrons. The Morgan fingerprint density at radius 3 is 2.24 bits per heavy atom. The van der Waals surface area contributed by atoms with E-state index in [1.54, 1.807) is 0 Å². The van der Waals surface area contributed by atoms with Gasteiger partial charge in [0.15, 0.2) is 5.78 Å². The van der Waals surface area contributed by atoms with Crippen LogP contribution in [0.5, 0.6) is 0 Å². The van der Waals surface area contributed by atoms with Crippen molar-refractivity contribution in [2.75, 3.05) is 32.7 Å². The van der Waals surface area contributed by atoms with Crippen molar-refractivity contribution in [2.45, 2.75) is 39.7 Å². The second-order valence-electron chi connectivity index (χ2n) is 6.28. The summed E-state index contributed by atoms with van der Waals surface area (Å²) in [4.78, 5) is 17.1. The van der Waals surface area contributed by atoms with Gasteiger partial charge in [-0.15, -0.1) is 0 Å². The van der Waals surface area contributed by atoms with Gasteiger partial charge in [0, 0.05) is 37.8 Å². The van der Waals surface area contributed by atoms with Gasteiger partial charge in [0.2, 0.25) is 0 Å². The highest BCUT2D eigenvalue weighted by Gasteiger charge is 2.20. The molecule has 0 bridgehead atoms. The van der Waals surface area contributed by atoms with Crippen molar-refractivity contribution in [2.24, 2.45) is 0 Å². The predicted molar refractivity (Wildman–Crippen MR) is 87.9 cm³/mol.